The smallest absolute Gasteiger partial charge is 0.269 e. The van der Waals surface area contributed by atoms with Gasteiger partial charge in [-0.15, -0.1) is 0 Å². The first kappa shape index (κ1) is 13.6. The van der Waals surface area contributed by atoms with Crippen LogP contribution in [0.4, 0.5) is 11.4 Å². The number of nitrogens with one attached hydrogen (secondary N) is 1. The van der Waals surface area contributed by atoms with E-state index in [0.29, 0.717) is 27.9 Å². The Balaban J connectivity index is 1.74. The van der Waals surface area contributed by atoms with Crippen molar-refractivity contribution < 1.29 is 14.3 Å². The first-order chi connectivity index (χ1) is 10.1. The zero-order valence-electron chi connectivity index (χ0n) is 11.0. The van der Waals surface area contributed by atoms with E-state index in [2.05, 4.69) is 5.32 Å². The Kier molecular flexibility index (Phi) is 3.58. The van der Waals surface area contributed by atoms with Crippen molar-refractivity contribution in [3.05, 3.63) is 47.5 Å². The molecule has 0 spiro atoms. The van der Waals surface area contributed by atoms with Gasteiger partial charge in [-0.2, -0.15) is 0 Å². The second-order valence-corrected chi connectivity index (χ2v) is 5.02. The summed E-state index contributed by atoms with van der Waals surface area (Å²) in [5.41, 5.74) is 6.69. The summed E-state index contributed by atoms with van der Waals surface area (Å²) in [6.45, 7) is 0.142. The van der Waals surface area contributed by atoms with Gasteiger partial charge < -0.3 is 20.5 Å². The van der Waals surface area contributed by atoms with Crippen molar-refractivity contribution in [2.45, 2.75) is 6.10 Å². The third-order valence-electron chi connectivity index (χ3n) is 3.07. The van der Waals surface area contributed by atoms with E-state index in [1.54, 1.807) is 30.3 Å². The number of carbonyl (C=O) groups excluding carboxylic acids is 1. The minimum atomic E-state index is -0.738. The van der Waals surface area contributed by atoms with E-state index in [1.807, 2.05) is 12.1 Å². The lowest BCUT2D eigenvalue weighted by Crippen LogP contribution is -2.40. The molecular formula is C15H13ClN2O3. The minimum absolute atomic E-state index is 0.142. The van der Waals surface area contributed by atoms with Crippen molar-refractivity contribution in [3.8, 4) is 11.5 Å². The van der Waals surface area contributed by atoms with Gasteiger partial charge in [-0.1, -0.05) is 23.7 Å². The summed E-state index contributed by atoms with van der Waals surface area (Å²) in [5, 5.41) is 3.19. The van der Waals surface area contributed by atoms with Gasteiger partial charge in [-0.25, -0.2) is 0 Å². The predicted molar refractivity (Wildman–Crippen MR) is 80.8 cm³/mol. The number of amides is 1. The number of carbonyl (C=O) groups is 1. The highest BCUT2D eigenvalue weighted by Gasteiger charge is 2.27. The highest BCUT2D eigenvalue weighted by molar-refractivity contribution is 6.31. The van der Waals surface area contributed by atoms with E-state index in [-0.39, 0.29) is 12.5 Å². The SMILES string of the molecule is Nc1ccc(Cl)cc1NC(=O)C1COc2ccccc2O1. The number of hydrogen-bond acceptors (Lipinski definition) is 4. The predicted octanol–water partition coefficient (Wildman–Crippen LogP) is 2.70. The van der Waals surface area contributed by atoms with E-state index in [1.165, 1.54) is 0 Å². The van der Waals surface area contributed by atoms with Crippen LogP contribution in [0.25, 0.3) is 0 Å². The number of benzene rings is 2. The second kappa shape index (κ2) is 5.54. The first-order valence-electron chi connectivity index (χ1n) is 6.38. The van der Waals surface area contributed by atoms with Gasteiger partial charge in [-0.05, 0) is 30.3 Å². The Labute approximate surface area is 126 Å². The maximum Gasteiger partial charge on any atom is 0.269 e. The van der Waals surface area contributed by atoms with Gasteiger partial charge in [0, 0.05) is 5.02 Å². The zero-order chi connectivity index (χ0) is 14.8. The number of hydrogen-bond donors (Lipinski definition) is 2. The summed E-state index contributed by atoms with van der Waals surface area (Å²) in [6, 6.07) is 12.1. The van der Waals surface area contributed by atoms with Crippen LogP contribution in [0.2, 0.25) is 5.02 Å². The van der Waals surface area contributed by atoms with Crippen LogP contribution in [-0.2, 0) is 4.79 Å². The molecule has 0 saturated heterocycles. The highest BCUT2D eigenvalue weighted by atomic mass is 35.5. The fraction of sp³-hybridized carbons (Fsp3) is 0.133. The number of halogens is 1. The van der Waals surface area contributed by atoms with Gasteiger partial charge in [-0.3, -0.25) is 4.79 Å². The fourth-order valence-corrected chi connectivity index (χ4v) is 2.17. The summed E-state index contributed by atoms with van der Waals surface area (Å²) in [4.78, 5) is 12.2. The Bertz CT molecular complexity index is 690. The lowest BCUT2D eigenvalue weighted by molar-refractivity contribution is -0.125. The van der Waals surface area contributed by atoms with E-state index in [0.717, 1.165) is 0 Å². The van der Waals surface area contributed by atoms with Crippen LogP contribution in [0.15, 0.2) is 42.5 Å². The highest BCUT2D eigenvalue weighted by Crippen LogP contribution is 2.31. The quantitative estimate of drug-likeness (QED) is 0.837. The molecular weight excluding hydrogens is 292 g/mol. The molecule has 5 nitrogen and oxygen atoms in total. The average Bonchev–Trinajstić information content (AvgIpc) is 2.50. The van der Waals surface area contributed by atoms with E-state index < -0.39 is 6.10 Å². The third-order valence-corrected chi connectivity index (χ3v) is 3.31. The molecule has 21 heavy (non-hydrogen) atoms. The summed E-state index contributed by atoms with van der Waals surface area (Å²) < 4.78 is 11.1. The topological polar surface area (TPSA) is 73.6 Å². The maximum atomic E-state index is 12.2. The lowest BCUT2D eigenvalue weighted by Gasteiger charge is -2.25. The monoisotopic (exact) mass is 304 g/mol. The summed E-state index contributed by atoms with van der Waals surface area (Å²) >= 11 is 5.89. The Morgan fingerprint density at radius 1 is 1.24 bits per heavy atom. The van der Waals surface area contributed by atoms with Crippen molar-refractivity contribution >= 4 is 28.9 Å². The van der Waals surface area contributed by atoms with E-state index in [9.17, 15) is 4.79 Å². The van der Waals surface area contributed by atoms with Gasteiger partial charge in [0.1, 0.15) is 6.61 Å². The average molecular weight is 305 g/mol. The Hall–Kier alpha value is -2.40. The maximum absolute atomic E-state index is 12.2. The zero-order valence-corrected chi connectivity index (χ0v) is 11.8. The van der Waals surface area contributed by atoms with Gasteiger partial charge in [0.25, 0.3) is 5.91 Å². The molecule has 3 N–H and O–H groups in total. The van der Waals surface area contributed by atoms with Gasteiger partial charge >= 0.3 is 0 Å². The molecule has 0 aromatic heterocycles. The summed E-state index contributed by atoms with van der Waals surface area (Å²) in [5.74, 6) is 0.838. The number of rotatable bonds is 2. The molecule has 0 fully saturated rings. The Morgan fingerprint density at radius 3 is 2.81 bits per heavy atom. The molecule has 2 aromatic carbocycles. The van der Waals surface area contributed by atoms with Gasteiger partial charge in [0.05, 0.1) is 11.4 Å². The molecule has 3 rings (SSSR count). The van der Waals surface area contributed by atoms with Crippen LogP contribution in [0.1, 0.15) is 0 Å². The molecule has 1 atom stereocenters. The van der Waals surface area contributed by atoms with Crippen molar-refractivity contribution in [1.29, 1.82) is 0 Å². The molecule has 6 heteroatoms. The largest absolute Gasteiger partial charge is 0.485 e. The van der Waals surface area contributed by atoms with Crippen LogP contribution < -0.4 is 20.5 Å². The molecule has 0 aliphatic carbocycles. The van der Waals surface area contributed by atoms with Crippen molar-refractivity contribution in [1.82, 2.24) is 0 Å². The summed E-state index contributed by atoms with van der Waals surface area (Å²) in [7, 11) is 0. The summed E-state index contributed by atoms with van der Waals surface area (Å²) in [6.07, 6.45) is -0.738. The molecule has 0 radical (unpaired) electrons. The van der Waals surface area contributed by atoms with Crippen LogP contribution >= 0.6 is 11.6 Å². The molecule has 1 aliphatic heterocycles. The number of fused-ring (bicyclic) bond motifs is 1. The standard InChI is InChI=1S/C15H13ClN2O3/c16-9-5-6-10(17)11(7-9)18-15(19)14-8-20-12-3-1-2-4-13(12)21-14/h1-7,14H,8,17H2,(H,18,19). The van der Waals surface area contributed by atoms with Crippen molar-refractivity contribution in [3.63, 3.8) is 0 Å². The molecule has 1 aliphatic rings. The molecule has 2 aromatic rings. The Morgan fingerprint density at radius 2 is 2.00 bits per heavy atom. The number of anilines is 2. The van der Waals surface area contributed by atoms with Crippen LogP contribution in [0.5, 0.6) is 11.5 Å². The van der Waals surface area contributed by atoms with Gasteiger partial charge in [0.2, 0.25) is 6.10 Å². The molecule has 0 saturated carbocycles. The van der Waals surface area contributed by atoms with Crippen LogP contribution in [0, 0.1) is 0 Å². The van der Waals surface area contributed by atoms with Crippen molar-refractivity contribution in [2.75, 3.05) is 17.7 Å². The van der Waals surface area contributed by atoms with Crippen LogP contribution in [0.3, 0.4) is 0 Å². The lowest BCUT2D eigenvalue weighted by atomic mass is 10.2. The molecule has 108 valence electrons. The van der Waals surface area contributed by atoms with Crippen molar-refractivity contribution in [2.24, 2.45) is 0 Å². The second-order valence-electron chi connectivity index (χ2n) is 4.59. The van der Waals surface area contributed by atoms with E-state index in [4.69, 9.17) is 26.8 Å². The molecule has 0 bridgehead atoms. The molecule has 1 amide bonds. The van der Waals surface area contributed by atoms with Crippen LogP contribution in [-0.4, -0.2) is 18.6 Å². The first-order valence-corrected chi connectivity index (χ1v) is 6.75. The number of ether oxygens (including phenoxy) is 2. The number of para-hydroxylation sites is 2. The van der Waals surface area contributed by atoms with Gasteiger partial charge in [0.15, 0.2) is 11.5 Å². The molecule has 1 heterocycles. The molecule has 1 unspecified atom stereocenters. The number of nitrogens with two attached hydrogens (primary N) is 1. The normalized spacial score (nSPS) is 16.3. The third kappa shape index (κ3) is 2.87. The van der Waals surface area contributed by atoms with E-state index >= 15 is 0 Å². The minimum Gasteiger partial charge on any atom is -0.485 e. The number of nitrogen functional groups attached to an aromatic ring is 1. The fourth-order valence-electron chi connectivity index (χ4n) is 2.00.